The Balaban J connectivity index is 1.01. The Morgan fingerprint density at radius 1 is 0.957 bits per heavy atom. The number of likely N-dealkylation sites (tertiary alicyclic amines) is 1. The largest absolute Gasteiger partial charge is 0.332 e. The first-order chi connectivity index (χ1) is 22.7. The zero-order valence-electron chi connectivity index (χ0n) is 27.2. The van der Waals surface area contributed by atoms with Crippen LogP contribution in [-0.2, 0) is 16.4 Å². The van der Waals surface area contributed by atoms with E-state index in [1.165, 1.54) is 48.9 Å². The minimum atomic E-state index is -4.04. The molecule has 0 saturated carbocycles. The standard InChI is InChI=1S/C37H44FN5O3S/c1-3-39-47(45,46)36-22-28(15-18-32(36)38)37(44)42-20-7-6-9-34(42)27-13-11-26(12-14-27)19-21-41-29-16-17-30(41)24-31(23-29)43-25(2)40-33-8-4-5-10-35(33)43/h4-5,8,10-15,18,22,29-31,34,39H,3,6-7,9,16-17,19-21,23-24H2,1-2H3/t29-,30+,31?,34?. The molecular weight excluding hydrogens is 614 g/mol. The second-order valence-electron chi connectivity index (χ2n) is 13.4. The smallest absolute Gasteiger partial charge is 0.254 e. The van der Waals surface area contributed by atoms with Crippen molar-refractivity contribution in [3.05, 3.63) is 95.1 Å². The van der Waals surface area contributed by atoms with Gasteiger partial charge in [-0.1, -0.05) is 43.3 Å². The summed E-state index contributed by atoms with van der Waals surface area (Å²) in [5, 5.41) is 0. The molecule has 0 spiro atoms. The molecule has 3 aromatic carbocycles. The van der Waals surface area contributed by atoms with E-state index in [0.717, 1.165) is 55.2 Å². The normalized spacial score (nSPS) is 23.4. The lowest BCUT2D eigenvalue weighted by Crippen LogP contribution is -2.44. The highest BCUT2D eigenvalue weighted by Gasteiger charge is 2.41. The van der Waals surface area contributed by atoms with E-state index in [2.05, 4.69) is 69.6 Å². The summed E-state index contributed by atoms with van der Waals surface area (Å²) >= 11 is 0. The molecule has 4 aromatic rings. The zero-order valence-corrected chi connectivity index (χ0v) is 28.1. The second kappa shape index (κ2) is 13.1. The number of hydrogen-bond donors (Lipinski definition) is 1. The van der Waals surface area contributed by atoms with Gasteiger partial charge in [0.2, 0.25) is 10.0 Å². The van der Waals surface area contributed by atoms with Crippen LogP contribution in [-0.4, -0.2) is 65.4 Å². The molecule has 10 heteroatoms. The van der Waals surface area contributed by atoms with Crippen LogP contribution in [0.15, 0.2) is 71.6 Å². The van der Waals surface area contributed by atoms with Gasteiger partial charge >= 0.3 is 0 Å². The minimum absolute atomic E-state index is 0.109. The molecule has 47 heavy (non-hydrogen) atoms. The van der Waals surface area contributed by atoms with Crippen LogP contribution in [0.3, 0.4) is 0 Å². The maximum absolute atomic E-state index is 14.5. The molecule has 3 aliphatic rings. The topological polar surface area (TPSA) is 87.5 Å². The summed E-state index contributed by atoms with van der Waals surface area (Å²) < 4.78 is 44.4. The summed E-state index contributed by atoms with van der Waals surface area (Å²) in [4.78, 5) is 22.6. The Hall–Kier alpha value is -3.60. The average molecular weight is 658 g/mol. The van der Waals surface area contributed by atoms with Gasteiger partial charge in [-0.2, -0.15) is 0 Å². The summed E-state index contributed by atoms with van der Waals surface area (Å²) in [6.07, 6.45) is 8.54. The fraction of sp³-hybridized carbons (Fsp3) is 0.459. The molecule has 2 bridgehead atoms. The minimum Gasteiger partial charge on any atom is -0.332 e. The first-order valence-electron chi connectivity index (χ1n) is 17.1. The molecule has 1 amide bonds. The lowest BCUT2D eigenvalue weighted by atomic mass is 9.93. The summed E-state index contributed by atoms with van der Waals surface area (Å²) in [6.45, 7) is 5.52. The Bertz CT molecular complexity index is 1860. The first-order valence-corrected chi connectivity index (χ1v) is 18.6. The fourth-order valence-electron chi connectivity index (χ4n) is 8.41. The number of nitrogens with zero attached hydrogens (tertiary/aromatic N) is 4. The molecule has 1 N–H and O–H groups in total. The van der Waals surface area contributed by atoms with Crippen LogP contribution in [0.2, 0.25) is 0 Å². The number of sulfonamides is 1. The van der Waals surface area contributed by atoms with E-state index in [9.17, 15) is 17.6 Å². The number of aryl methyl sites for hydroxylation is 1. The van der Waals surface area contributed by atoms with Crippen molar-refractivity contribution in [1.82, 2.24) is 24.1 Å². The number of carbonyl (C=O) groups excluding carboxylic acids is 1. The van der Waals surface area contributed by atoms with E-state index < -0.39 is 20.7 Å². The van der Waals surface area contributed by atoms with Crippen LogP contribution in [0.4, 0.5) is 4.39 Å². The summed E-state index contributed by atoms with van der Waals surface area (Å²) in [6, 6.07) is 22.4. The fourth-order valence-corrected chi connectivity index (χ4v) is 9.55. The second-order valence-corrected chi connectivity index (χ2v) is 15.1. The summed E-state index contributed by atoms with van der Waals surface area (Å²) in [7, 11) is -4.04. The maximum atomic E-state index is 14.5. The molecular formula is C37H44FN5O3S. The van der Waals surface area contributed by atoms with E-state index in [1.807, 2.05) is 4.90 Å². The van der Waals surface area contributed by atoms with Gasteiger partial charge in [-0.25, -0.2) is 22.5 Å². The van der Waals surface area contributed by atoms with Crippen LogP contribution in [0.1, 0.15) is 91.3 Å². The monoisotopic (exact) mass is 657 g/mol. The summed E-state index contributed by atoms with van der Waals surface area (Å²) in [5.41, 5.74) is 4.89. The van der Waals surface area contributed by atoms with Gasteiger partial charge in [0.1, 0.15) is 16.5 Å². The number of benzene rings is 3. The van der Waals surface area contributed by atoms with Crippen LogP contribution in [0, 0.1) is 12.7 Å². The lowest BCUT2D eigenvalue weighted by molar-refractivity contribution is 0.0611. The molecule has 0 aliphatic carbocycles. The maximum Gasteiger partial charge on any atom is 0.254 e. The van der Waals surface area contributed by atoms with Gasteiger partial charge in [0.15, 0.2) is 0 Å². The predicted octanol–water partition coefficient (Wildman–Crippen LogP) is 6.56. The molecule has 3 fully saturated rings. The first kappa shape index (κ1) is 32.0. The number of hydrogen-bond acceptors (Lipinski definition) is 5. The Morgan fingerprint density at radius 3 is 2.45 bits per heavy atom. The molecule has 7 rings (SSSR count). The van der Waals surface area contributed by atoms with Crippen molar-refractivity contribution in [3.8, 4) is 0 Å². The number of imidazole rings is 1. The van der Waals surface area contributed by atoms with Gasteiger partial charge < -0.3 is 9.47 Å². The number of fused-ring (bicyclic) bond motifs is 3. The van der Waals surface area contributed by atoms with Crippen molar-refractivity contribution < 1.29 is 17.6 Å². The highest BCUT2D eigenvalue weighted by molar-refractivity contribution is 7.89. The van der Waals surface area contributed by atoms with Gasteiger partial charge in [-0.05, 0) is 99.7 Å². The number of aromatic nitrogens is 2. The average Bonchev–Trinajstić information content (AvgIpc) is 3.53. The number of carbonyl (C=O) groups is 1. The molecule has 248 valence electrons. The number of rotatable bonds is 9. The number of piperidine rings is 2. The number of para-hydroxylation sites is 2. The molecule has 4 atom stereocenters. The summed E-state index contributed by atoms with van der Waals surface area (Å²) in [5.74, 6) is -0.0286. The SMILES string of the molecule is CCNS(=O)(=O)c1cc(C(=O)N2CCCCC2c2ccc(CCN3[C@@H]4CC[C@H]3CC(n3c(C)nc5ccccc53)C4)cc2)ccc1F. The van der Waals surface area contributed by atoms with E-state index in [0.29, 0.717) is 24.7 Å². The van der Waals surface area contributed by atoms with Crippen LogP contribution < -0.4 is 4.72 Å². The van der Waals surface area contributed by atoms with Crippen molar-refractivity contribution in [2.45, 2.75) is 94.3 Å². The van der Waals surface area contributed by atoms with Crippen molar-refractivity contribution in [3.63, 3.8) is 0 Å². The molecule has 0 radical (unpaired) electrons. The van der Waals surface area contributed by atoms with E-state index in [-0.39, 0.29) is 24.1 Å². The van der Waals surface area contributed by atoms with E-state index in [1.54, 1.807) is 6.92 Å². The van der Waals surface area contributed by atoms with Gasteiger partial charge in [0.25, 0.3) is 5.91 Å². The predicted molar refractivity (Wildman–Crippen MR) is 181 cm³/mol. The molecule has 4 heterocycles. The quantitative estimate of drug-likeness (QED) is 0.220. The Kier molecular flexibility index (Phi) is 8.93. The van der Waals surface area contributed by atoms with Gasteiger partial charge in [0, 0.05) is 43.3 Å². The van der Waals surface area contributed by atoms with Crippen molar-refractivity contribution >= 4 is 27.0 Å². The Labute approximate surface area is 277 Å². The van der Waals surface area contributed by atoms with Crippen molar-refractivity contribution in [1.29, 1.82) is 0 Å². The van der Waals surface area contributed by atoms with E-state index >= 15 is 0 Å². The van der Waals surface area contributed by atoms with E-state index in [4.69, 9.17) is 4.98 Å². The third-order valence-electron chi connectivity index (χ3n) is 10.6. The molecule has 3 aliphatic heterocycles. The van der Waals surface area contributed by atoms with Crippen LogP contribution >= 0.6 is 0 Å². The number of nitrogens with one attached hydrogen (secondary N) is 1. The highest BCUT2D eigenvalue weighted by atomic mass is 32.2. The zero-order chi connectivity index (χ0) is 32.7. The third kappa shape index (κ3) is 6.23. The molecule has 1 aromatic heterocycles. The van der Waals surface area contributed by atoms with Crippen LogP contribution in [0.25, 0.3) is 11.0 Å². The highest BCUT2D eigenvalue weighted by Crippen LogP contribution is 2.42. The molecule has 3 saturated heterocycles. The van der Waals surface area contributed by atoms with Crippen LogP contribution in [0.5, 0.6) is 0 Å². The number of amides is 1. The van der Waals surface area contributed by atoms with Crippen molar-refractivity contribution in [2.24, 2.45) is 0 Å². The lowest BCUT2D eigenvalue weighted by Gasteiger charge is -2.40. The Morgan fingerprint density at radius 2 is 1.70 bits per heavy atom. The molecule has 8 nitrogen and oxygen atoms in total. The molecule has 2 unspecified atom stereocenters. The number of halogens is 1. The van der Waals surface area contributed by atoms with Crippen molar-refractivity contribution in [2.75, 3.05) is 19.6 Å². The third-order valence-corrected chi connectivity index (χ3v) is 12.1. The van der Waals surface area contributed by atoms with Gasteiger partial charge in [-0.15, -0.1) is 0 Å². The van der Waals surface area contributed by atoms with Gasteiger partial charge in [-0.3, -0.25) is 9.69 Å². The van der Waals surface area contributed by atoms with Gasteiger partial charge in [0.05, 0.1) is 17.1 Å².